The van der Waals surface area contributed by atoms with Crippen molar-refractivity contribution in [2.24, 2.45) is 0 Å². The summed E-state index contributed by atoms with van der Waals surface area (Å²) < 4.78 is 17.7. The molecular formula is C9H9FO3. The van der Waals surface area contributed by atoms with E-state index < -0.39 is 11.8 Å². The summed E-state index contributed by atoms with van der Waals surface area (Å²) >= 11 is 0. The average Bonchev–Trinajstić information content (AvgIpc) is 2.02. The maximum Gasteiger partial charge on any atom is 0.339 e. The molecule has 0 saturated carbocycles. The van der Waals surface area contributed by atoms with E-state index in [1.54, 1.807) is 6.92 Å². The van der Waals surface area contributed by atoms with Gasteiger partial charge in [0.25, 0.3) is 0 Å². The maximum atomic E-state index is 13.1. The molecule has 0 aliphatic rings. The summed E-state index contributed by atoms with van der Waals surface area (Å²) in [6.07, 6.45) is 0. The third-order valence-electron chi connectivity index (χ3n) is 1.62. The van der Waals surface area contributed by atoms with Gasteiger partial charge in [0.1, 0.15) is 5.56 Å². The second-order valence-corrected chi connectivity index (χ2v) is 2.63. The zero-order valence-corrected chi connectivity index (χ0v) is 7.30. The number of ether oxygens (including phenoxy) is 1. The number of methoxy groups -OCH3 is 1. The Hall–Kier alpha value is -1.58. The van der Waals surface area contributed by atoms with Gasteiger partial charge in [-0.05, 0) is 24.6 Å². The molecule has 0 radical (unpaired) electrons. The molecule has 0 saturated heterocycles. The van der Waals surface area contributed by atoms with E-state index in [-0.39, 0.29) is 11.3 Å². The highest BCUT2D eigenvalue weighted by Crippen LogP contribution is 2.23. The van der Waals surface area contributed by atoms with Gasteiger partial charge in [0.05, 0.1) is 7.11 Å². The predicted molar refractivity (Wildman–Crippen MR) is 44.6 cm³/mol. The van der Waals surface area contributed by atoms with Crippen molar-refractivity contribution in [3.05, 3.63) is 29.1 Å². The number of benzene rings is 1. The third kappa shape index (κ3) is 1.77. The zero-order valence-electron chi connectivity index (χ0n) is 7.30. The molecule has 0 amide bonds. The van der Waals surface area contributed by atoms with E-state index >= 15 is 0 Å². The Morgan fingerprint density at radius 3 is 2.62 bits per heavy atom. The van der Waals surface area contributed by atoms with Crippen LogP contribution in [-0.2, 0) is 0 Å². The molecule has 3 nitrogen and oxygen atoms in total. The first-order chi connectivity index (χ1) is 6.06. The van der Waals surface area contributed by atoms with Crippen LogP contribution in [0, 0.1) is 12.7 Å². The average molecular weight is 184 g/mol. The van der Waals surface area contributed by atoms with Gasteiger partial charge in [-0.25, -0.2) is 9.18 Å². The summed E-state index contributed by atoms with van der Waals surface area (Å²) in [6, 6.07) is 2.59. The molecule has 1 N–H and O–H groups in total. The summed E-state index contributed by atoms with van der Waals surface area (Å²) in [7, 11) is 1.24. The van der Waals surface area contributed by atoms with Crippen LogP contribution in [0.25, 0.3) is 0 Å². The number of hydrogen-bond donors (Lipinski definition) is 1. The number of carbonyl (C=O) groups is 1. The van der Waals surface area contributed by atoms with Gasteiger partial charge in [-0.2, -0.15) is 0 Å². The molecule has 0 aliphatic heterocycles. The second-order valence-electron chi connectivity index (χ2n) is 2.63. The molecule has 0 fully saturated rings. The minimum Gasteiger partial charge on any atom is -0.493 e. The lowest BCUT2D eigenvalue weighted by molar-refractivity contribution is 0.0692. The molecule has 1 rings (SSSR count). The van der Waals surface area contributed by atoms with Crippen molar-refractivity contribution in [2.45, 2.75) is 6.92 Å². The minimum absolute atomic E-state index is 0.153. The lowest BCUT2D eigenvalue weighted by Gasteiger charge is -2.06. The van der Waals surface area contributed by atoms with Gasteiger partial charge in [-0.3, -0.25) is 0 Å². The first kappa shape index (κ1) is 9.51. The Morgan fingerprint density at radius 2 is 2.15 bits per heavy atom. The van der Waals surface area contributed by atoms with Crippen molar-refractivity contribution < 1.29 is 19.0 Å². The smallest absolute Gasteiger partial charge is 0.339 e. The molecule has 0 heterocycles. The van der Waals surface area contributed by atoms with Gasteiger partial charge >= 0.3 is 5.97 Å². The molecular weight excluding hydrogens is 175 g/mol. The number of carboxylic acids is 1. The van der Waals surface area contributed by atoms with Crippen LogP contribution in [0.5, 0.6) is 5.75 Å². The minimum atomic E-state index is -1.19. The lowest BCUT2D eigenvalue weighted by atomic mass is 10.1. The lowest BCUT2D eigenvalue weighted by Crippen LogP contribution is -2.03. The monoisotopic (exact) mass is 184 g/mol. The number of aromatic carboxylic acids is 1. The third-order valence-corrected chi connectivity index (χ3v) is 1.62. The van der Waals surface area contributed by atoms with Crippen LogP contribution in [0.1, 0.15) is 15.9 Å². The molecule has 0 unspecified atom stereocenters. The Balaban J connectivity index is 3.38. The summed E-state index contributed by atoms with van der Waals surface area (Å²) in [4.78, 5) is 10.6. The molecule has 0 atom stereocenters. The van der Waals surface area contributed by atoms with E-state index in [2.05, 4.69) is 4.74 Å². The summed E-state index contributed by atoms with van der Waals surface area (Å²) in [5, 5.41) is 8.70. The van der Waals surface area contributed by atoms with E-state index in [0.29, 0.717) is 5.56 Å². The number of hydrogen-bond acceptors (Lipinski definition) is 2. The SMILES string of the molecule is COc1c(F)cc(C)cc1C(=O)O. The highest BCUT2D eigenvalue weighted by molar-refractivity contribution is 5.91. The molecule has 1 aromatic carbocycles. The number of carboxylic acid groups (broad SMARTS) is 1. The quantitative estimate of drug-likeness (QED) is 0.762. The Kier molecular flexibility index (Phi) is 2.51. The largest absolute Gasteiger partial charge is 0.493 e. The topological polar surface area (TPSA) is 46.5 Å². The van der Waals surface area contributed by atoms with Crippen LogP contribution in [-0.4, -0.2) is 18.2 Å². The van der Waals surface area contributed by atoms with Crippen LogP contribution >= 0.6 is 0 Å². The number of halogens is 1. The van der Waals surface area contributed by atoms with Gasteiger partial charge in [-0.1, -0.05) is 0 Å². The van der Waals surface area contributed by atoms with Gasteiger partial charge < -0.3 is 9.84 Å². The number of aryl methyl sites for hydroxylation is 1. The highest BCUT2D eigenvalue weighted by Gasteiger charge is 2.15. The fourth-order valence-electron chi connectivity index (χ4n) is 1.10. The van der Waals surface area contributed by atoms with Crippen molar-refractivity contribution in [3.8, 4) is 5.75 Å². The predicted octanol–water partition coefficient (Wildman–Crippen LogP) is 1.84. The van der Waals surface area contributed by atoms with Gasteiger partial charge in [0, 0.05) is 0 Å². The molecule has 0 aromatic heterocycles. The molecule has 4 heteroatoms. The molecule has 70 valence electrons. The Bertz CT molecular complexity index is 347. The van der Waals surface area contributed by atoms with Crippen LogP contribution in [0.4, 0.5) is 4.39 Å². The first-order valence-electron chi connectivity index (χ1n) is 3.63. The zero-order chi connectivity index (χ0) is 10.0. The van der Waals surface area contributed by atoms with E-state index in [1.165, 1.54) is 19.2 Å². The van der Waals surface area contributed by atoms with Gasteiger partial charge in [-0.15, -0.1) is 0 Å². The van der Waals surface area contributed by atoms with Crippen molar-refractivity contribution in [3.63, 3.8) is 0 Å². The van der Waals surface area contributed by atoms with E-state index in [4.69, 9.17) is 5.11 Å². The summed E-state index contributed by atoms with van der Waals surface area (Å²) in [5.41, 5.74) is 0.399. The molecule has 0 bridgehead atoms. The standard InChI is InChI=1S/C9H9FO3/c1-5-3-6(9(11)12)8(13-2)7(10)4-5/h3-4H,1-2H3,(H,11,12). The van der Waals surface area contributed by atoms with Crippen LogP contribution in [0.3, 0.4) is 0 Å². The summed E-state index contributed by atoms with van der Waals surface area (Å²) in [5.74, 6) is -2.07. The van der Waals surface area contributed by atoms with Crippen molar-refractivity contribution in [1.82, 2.24) is 0 Å². The van der Waals surface area contributed by atoms with E-state index in [1.807, 2.05) is 0 Å². The highest BCUT2D eigenvalue weighted by atomic mass is 19.1. The number of rotatable bonds is 2. The Labute approximate surface area is 74.8 Å². The fourth-order valence-corrected chi connectivity index (χ4v) is 1.10. The molecule has 1 aromatic rings. The molecule has 0 aliphatic carbocycles. The molecule has 13 heavy (non-hydrogen) atoms. The molecule has 0 spiro atoms. The Morgan fingerprint density at radius 1 is 1.54 bits per heavy atom. The normalized spacial score (nSPS) is 9.77. The fraction of sp³-hybridized carbons (Fsp3) is 0.222. The van der Waals surface area contributed by atoms with Crippen LogP contribution in [0.2, 0.25) is 0 Å². The van der Waals surface area contributed by atoms with Crippen molar-refractivity contribution in [2.75, 3.05) is 7.11 Å². The van der Waals surface area contributed by atoms with Crippen molar-refractivity contribution in [1.29, 1.82) is 0 Å². The van der Waals surface area contributed by atoms with Crippen molar-refractivity contribution >= 4 is 5.97 Å². The van der Waals surface area contributed by atoms with Crippen LogP contribution < -0.4 is 4.74 Å². The maximum absolute atomic E-state index is 13.1. The van der Waals surface area contributed by atoms with Gasteiger partial charge in [0.2, 0.25) is 0 Å². The first-order valence-corrected chi connectivity index (χ1v) is 3.63. The van der Waals surface area contributed by atoms with E-state index in [9.17, 15) is 9.18 Å². The second kappa shape index (κ2) is 3.43. The summed E-state index contributed by atoms with van der Waals surface area (Å²) in [6.45, 7) is 1.62. The van der Waals surface area contributed by atoms with E-state index in [0.717, 1.165) is 0 Å². The van der Waals surface area contributed by atoms with Gasteiger partial charge in [0.15, 0.2) is 11.6 Å². The van der Waals surface area contributed by atoms with Crippen LogP contribution in [0.15, 0.2) is 12.1 Å².